The maximum Gasteiger partial charge on any atom is 0.338 e. The molecule has 4 heterocycles. The number of H-pyrrole nitrogens is 2. The molecule has 0 unspecified atom stereocenters. The zero-order valence-electron chi connectivity index (χ0n) is 36.0. The van der Waals surface area contributed by atoms with Gasteiger partial charge in [-0.1, -0.05) is 56.0 Å². The lowest BCUT2D eigenvalue weighted by atomic mass is 10.0. The van der Waals surface area contributed by atoms with Gasteiger partial charge >= 0.3 is 5.97 Å². The molecule has 67 heavy (non-hydrogen) atoms. The van der Waals surface area contributed by atoms with Gasteiger partial charge in [0.25, 0.3) is 17.0 Å². The van der Waals surface area contributed by atoms with Crippen LogP contribution in [-0.4, -0.2) is 116 Å². The molecule has 5 N–H and O–H groups in total. The van der Waals surface area contributed by atoms with Gasteiger partial charge in [-0.15, -0.1) is 12.4 Å². The predicted octanol–water partition coefficient (Wildman–Crippen LogP) is 4.80. The Morgan fingerprint density at radius 3 is 1.46 bits per heavy atom. The van der Waals surface area contributed by atoms with E-state index in [-0.39, 0.29) is 67.7 Å². The molecule has 3 amide bonds. The summed E-state index contributed by atoms with van der Waals surface area (Å²) in [6.07, 6.45) is 4.82. The van der Waals surface area contributed by atoms with Gasteiger partial charge in [0, 0.05) is 63.1 Å². The first-order valence-corrected chi connectivity index (χ1v) is 21.9. The average molecular weight is 943 g/mol. The first kappa shape index (κ1) is 49.6. The summed E-state index contributed by atoms with van der Waals surface area (Å²) in [5.74, 6) is -1.90. The lowest BCUT2D eigenvalue weighted by Crippen LogP contribution is -2.90. The highest BCUT2D eigenvalue weighted by Gasteiger charge is 2.36. The van der Waals surface area contributed by atoms with Crippen molar-refractivity contribution in [3.63, 3.8) is 0 Å². The summed E-state index contributed by atoms with van der Waals surface area (Å²) in [5.41, 5.74) is 1.65. The van der Waals surface area contributed by atoms with Crippen LogP contribution in [0.15, 0.2) is 94.5 Å². The number of carboxylic acids is 1. The molecule has 6 aromatic rings. The Hall–Kier alpha value is -6.85. The van der Waals surface area contributed by atoms with Crippen LogP contribution in [0.25, 0.3) is 21.5 Å². The minimum absolute atomic E-state index is 0. The van der Waals surface area contributed by atoms with E-state index in [2.05, 4.69) is 25.7 Å². The van der Waals surface area contributed by atoms with Crippen molar-refractivity contribution in [2.24, 2.45) is 11.8 Å². The Labute approximate surface area is 392 Å². The summed E-state index contributed by atoms with van der Waals surface area (Å²) >= 11 is 0. The van der Waals surface area contributed by atoms with Gasteiger partial charge in [-0.2, -0.15) is 10.2 Å². The van der Waals surface area contributed by atoms with Crippen molar-refractivity contribution in [3.8, 4) is 0 Å². The van der Waals surface area contributed by atoms with Crippen LogP contribution in [-0.2, 0) is 22.4 Å². The Kier molecular flexibility index (Phi) is 16.3. The second-order valence-corrected chi connectivity index (χ2v) is 16.7. The van der Waals surface area contributed by atoms with Crippen LogP contribution in [0.3, 0.4) is 0 Å². The number of amides is 3. The van der Waals surface area contributed by atoms with E-state index in [4.69, 9.17) is 5.11 Å². The molecule has 4 aliphatic rings. The number of carboxylic acid groups (broad SMARTS) is 1. The van der Waals surface area contributed by atoms with Crippen molar-refractivity contribution < 1.29 is 39.8 Å². The quantitative estimate of drug-likeness (QED) is 0.165. The van der Waals surface area contributed by atoms with Crippen molar-refractivity contribution in [3.05, 3.63) is 151 Å². The molecular formula is C49H56ClF2N8O7+. The summed E-state index contributed by atoms with van der Waals surface area (Å²) < 4.78 is 28.0. The predicted molar refractivity (Wildman–Crippen MR) is 252 cm³/mol. The molecule has 15 nitrogen and oxygen atoms in total. The summed E-state index contributed by atoms with van der Waals surface area (Å²) in [7, 11) is 0. The Bertz CT molecular complexity index is 2900. The van der Waals surface area contributed by atoms with Gasteiger partial charge in [0.2, 0.25) is 11.8 Å². The van der Waals surface area contributed by atoms with Crippen LogP contribution in [0.5, 0.6) is 0 Å². The molecule has 354 valence electrons. The number of quaternary nitrogens is 1. The second-order valence-electron chi connectivity index (χ2n) is 16.7. The number of hydrogen-bond donors (Lipinski definition) is 4. The van der Waals surface area contributed by atoms with Gasteiger partial charge in [0.15, 0.2) is 0 Å². The molecule has 2 aliphatic heterocycles. The monoisotopic (exact) mass is 942 g/mol. The van der Waals surface area contributed by atoms with Gasteiger partial charge in [-0.05, 0) is 73.2 Å². The molecule has 2 aromatic heterocycles. The molecule has 10 rings (SSSR count). The summed E-state index contributed by atoms with van der Waals surface area (Å²) in [6, 6.07) is 22.5. The van der Waals surface area contributed by atoms with Crippen molar-refractivity contribution in [2.75, 3.05) is 52.4 Å². The fourth-order valence-electron chi connectivity index (χ4n) is 8.14. The third-order valence-corrected chi connectivity index (χ3v) is 12.1. The maximum absolute atomic E-state index is 14.6. The maximum atomic E-state index is 14.6. The Morgan fingerprint density at radius 2 is 1.01 bits per heavy atom. The molecule has 0 spiro atoms. The molecule has 0 bridgehead atoms. The number of aromatic carboxylic acids is 1. The zero-order valence-corrected chi connectivity index (χ0v) is 36.8. The number of aromatic nitrogens is 4. The summed E-state index contributed by atoms with van der Waals surface area (Å²) in [5, 5.41) is 26.8. The standard InChI is InChI=1S/C24H23FN4O3.C16H11FN2O3.C8H14N2O.CH4.ClH.H2/c25-20-8-5-15(14-21-17-3-1-2-4-18(17)22(30)27-26-21)13-19(20)24(32)29-11-9-28(10-12-29)23(31)16-6-7-16;17-13-6-5-9(7-12(13)16(21)22)8-14-10-3-1-2-4-11(10)15(20)19-18-14;11-8(7-1-2-7)10-5-3-9-4-6-10;;;/h1-5,8,13,16H,6-7,9-12,14H2,(H,27,30);1-7H,8H2,(H,19,20)(H,21,22);7,9H,1-6H2;1H4;2*1H/p+1/i;;;;;1+1. The first-order valence-electron chi connectivity index (χ1n) is 21.9. The molecule has 4 aromatic carbocycles. The van der Waals surface area contributed by atoms with Crippen LogP contribution in [0, 0.1) is 23.5 Å². The number of fused-ring (bicyclic) bond motifs is 2. The zero-order chi connectivity index (χ0) is 45.6. The van der Waals surface area contributed by atoms with E-state index in [0.29, 0.717) is 77.5 Å². The summed E-state index contributed by atoms with van der Waals surface area (Å²) in [6.45, 7) is 5.88. The molecule has 2 saturated carbocycles. The van der Waals surface area contributed by atoms with E-state index in [1.54, 1.807) is 58.3 Å². The van der Waals surface area contributed by atoms with Crippen LogP contribution in [0.1, 0.15) is 77.8 Å². The van der Waals surface area contributed by atoms with Crippen LogP contribution in [0.2, 0.25) is 0 Å². The molecule has 4 fully saturated rings. The van der Waals surface area contributed by atoms with Crippen molar-refractivity contribution in [2.45, 2.75) is 46.0 Å². The number of nitrogens with one attached hydrogen (secondary N) is 2. The number of carbonyl (C=O) groups excluding carboxylic acids is 3. The number of nitrogens with two attached hydrogens (primary N) is 1. The SMILES string of the molecule is C.Cl.O=C(C1CC1)N1CC[NH2+]CC1.O=C(O)c1cc(Cc2n[nH]c(=O)c3ccccc23)ccc1F.O=C(c1cc(Cc2n[nH]c(=O)c3ccccc23)ccc1F)N1CCN(C(=O)C2CC2)CC1.[2HH]. The summed E-state index contributed by atoms with van der Waals surface area (Å²) in [4.78, 5) is 76.9. The lowest BCUT2D eigenvalue weighted by Gasteiger charge is -2.35. The topological polar surface area (TPSA) is 206 Å². The van der Waals surface area contributed by atoms with Crippen molar-refractivity contribution >= 4 is 57.6 Å². The second kappa shape index (κ2) is 22.1. The molecule has 2 saturated heterocycles. The van der Waals surface area contributed by atoms with Gasteiger partial charge in [0.1, 0.15) is 11.6 Å². The molecular weight excluding hydrogens is 886 g/mol. The number of piperazine rings is 2. The van der Waals surface area contributed by atoms with Crippen molar-refractivity contribution in [1.82, 2.24) is 35.1 Å². The highest BCUT2D eigenvalue weighted by molar-refractivity contribution is 5.95. The molecule has 0 radical (unpaired) electrons. The van der Waals surface area contributed by atoms with Gasteiger partial charge in [0.05, 0.1) is 59.5 Å². The number of aromatic amines is 2. The highest BCUT2D eigenvalue weighted by atomic mass is 35.5. The van der Waals surface area contributed by atoms with Crippen LogP contribution in [0.4, 0.5) is 8.78 Å². The van der Waals surface area contributed by atoms with E-state index in [9.17, 15) is 37.5 Å². The highest BCUT2D eigenvalue weighted by Crippen LogP contribution is 2.32. The number of benzene rings is 4. The number of carbonyl (C=O) groups is 4. The third kappa shape index (κ3) is 11.9. The minimum atomic E-state index is -1.32. The smallest absolute Gasteiger partial charge is 0.338 e. The van der Waals surface area contributed by atoms with Crippen LogP contribution < -0.4 is 16.4 Å². The van der Waals surface area contributed by atoms with E-state index in [0.717, 1.165) is 68.9 Å². The fourth-order valence-corrected chi connectivity index (χ4v) is 8.14. The normalized spacial score (nSPS) is 15.5. The third-order valence-electron chi connectivity index (χ3n) is 12.1. The molecule has 2 aliphatic carbocycles. The largest absolute Gasteiger partial charge is 0.478 e. The van der Waals surface area contributed by atoms with Gasteiger partial charge in [-0.25, -0.2) is 23.8 Å². The minimum Gasteiger partial charge on any atom is -0.478 e. The average Bonchev–Trinajstić information content (AvgIpc) is 4.28. The Morgan fingerprint density at radius 1 is 0.612 bits per heavy atom. The van der Waals surface area contributed by atoms with E-state index >= 15 is 0 Å². The van der Waals surface area contributed by atoms with E-state index in [1.165, 1.54) is 18.2 Å². The first-order chi connectivity index (χ1) is 31.4. The van der Waals surface area contributed by atoms with Crippen molar-refractivity contribution in [1.29, 1.82) is 0 Å². The van der Waals surface area contributed by atoms with E-state index < -0.39 is 17.6 Å². The van der Waals surface area contributed by atoms with Crippen LogP contribution >= 0.6 is 12.4 Å². The number of nitrogens with zero attached hydrogens (tertiary/aromatic N) is 5. The number of halogens is 3. The number of hydrogen-bond acceptors (Lipinski definition) is 8. The number of rotatable bonds is 8. The van der Waals surface area contributed by atoms with E-state index in [1.807, 2.05) is 17.0 Å². The fraction of sp³-hybridized carbons (Fsp3) is 0.347. The van der Waals surface area contributed by atoms with Gasteiger partial charge in [-0.3, -0.25) is 24.0 Å². The molecule has 0 atom stereocenters. The van der Waals surface area contributed by atoms with Gasteiger partial charge < -0.3 is 25.1 Å². The molecule has 18 heteroatoms. The lowest BCUT2D eigenvalue weighted by molar-refractivity contribution is -0.662. The Balaban J connectivity index is 0.000000208.